The molecule has 2 rings (SSSR count). The molecule has 2 N–H and O–H groups in total. The van der Waals surface area contributed by atoms with Crippen LogP contribution in [0.1, 0.15) is 29.8 Å². The SMILES string of the molecule is NC1CCCN(C(=O)c2ncccc2OCC(F)(F)F)CC1. The number of amides is 1. The molecule has 1 fully saturated rings. The van der Waals surface area contributed by atoms with Crippen molar-refractivity contribution in [3.05, 3.63) is 24.0 Å². The number of alkyl halides is 3. The van der Waals surface area contributed by atoms with Gasteiger partial charge in [-0.25, -0.2) is 4.98 Å². The first kappa shape index (κ1) is 16.5. The van der Waals surface area contributed by atoms with Crippen LogP contribution in [0.4, 0.5) is 13.2 Å². The van der Waals surface area contributed by atoms with Crippen LogP contribution in [0.15, 0.2) is 18.3 Å². The van der Waals surface area contributed by atoms with Crippen molar-refractivity contribution in [3.8, 4) is 5.75 Å². The monoisotopic (exact) mass is 317 g/mol. The highest BCUT2D eigenvalue weighted by molar-refractivity contribution is 5.94. The van der Waals surface area contributed by atoms with E-state index in [0.29, 0.717) is 19.5 Å². The molecule has 0 aromatic carbocycles. The second kappa shape index (κ2) is 6.95. The summed E-state index contributed by atoms with van der Waals surface area (Å²) in [4.78, 5) is 17.9. The van der Waals surface area contributed by atoms with Gasteiger partial charge in [-0.2, -0.15) is 13.2 Å². The average molecular weight is 317 g/mol. The van der Waals surface area contributed by atoms with Crippen LogP contribution in [0.3, 0.4) is 0 Å². The van der Waals surface area contributed by atoms with Crippen molar-refractivity contribution in [2.24, 2.45) is 5.73 Å². The topological polar surface area (TPSA) is 68.5 Å². The highest BCUT2D eigenvalue weighted by Crippen LogP contribution is 2.22. The maximum Gasteiger partial charge on any atom is 0.422 e. The van der Waals surface area contributed by atoms with Gasteiger partial charge in [-0.1, -0.05) is 0 Å². The summed E-state index contributed by atoms with van der Waals surface area (Å²) >= 11 is 0. The molecule has 0 spiro atoms. The van der Waals surface area contributed by atoms with E-state index in [-0.39, 0.29) is 17.5 Å². The van der Waals surface area contributed by atoms with Crippen LogP contribution in [0.2, 0.25) is 0 Å². The van der Waals surface area contributed by atoms with E-state index >= 15 is 0 Å². The highest BCUT2D eigenvalue weighted by Gasteiger charge is 2.30. The molecule has 1 amide bonds. The first-order valence-electron chi connectivity index (χ1n) is 7.06. The van der Waals surface area contributed by atoms with Crippen LogP contribution in [0.5, 0.6) is 5.75 Å². The normalized spacial score (nSPS) is 19.6. The summed E-state index contributed by atoms with van der Waals surface area (Å²) in [6.45, 7) is -0.471. The lowest BCUT2D eigenvalue weighted by atomic mass is 10.1. The largest absolute Gasteiger partial charge is 0.482 e. The lowest BCUT2D eigenvalue weighted by Gasteiger charge is -2.21. The number of carbonyl (C=O) groups excluding carboxylic acids is 1. The van der Waals surface area contributed by atoms with E-state index in [2.05, 4.69) is 4.98 Å². The van der Waals surface area contributed by atoms with E-state index in [4.69, 9.17) is 10.5 Å². The number of likely N-dealkylation sites (tertiary alicyclic amines) is 1. The number of ether oxygens (including phenoxy) is 1. The van der Waals surface area contributed by atoms with Crippen LogP contribution in [-0.4, -0.2) is 47.7 Å². The van der Waals surface area contributed by atoms with Crippen molar-refractivity contribution < 1.29 is 22.7 Å². The van der Waals surface area contributed by atoms with Crippen LogP contribution >= 0.6 is 0 Å². The summed E-state index contributed by atoms with van der Waals surface area (Å²) in [5, 5.41) is 0. The first-order chi connectivity index (χ1) is 10.4. The van der Waals surface area contributed by atoms with Crippen molar-refractivity contribution in [3.63, 3.8) is 0 Å². The molecule has 0 aliphatic carbocycles. The quantitative estimate of drug-likeness (QED) is 0.925. The summed E-state index contributed by atoms with van der Waals surface area (Å²) in [7, 11) is 0. The third kappa shape index (κ3) is 4.59. The molecular weight excluding hydrogens is 299 g/mol. The third-order valence-electron chi connectivity index (χ3n) is 3.42. The predicted octanol–water partition coefficient (Wildman–Crippen LogP) is 1.98. The second-order valence-electron chi connectivity index (χ2n) is 5.24. The minimum Gasteiger partial charge on any atom is -0.482 e. The fourth-order valence-corrected chi connectivity index (χ4v) is 2.30. The van der Waals surface area contributed by atoms with Crippen LogP contribution in [0.25, 0.3) is 0 Å². The van der Waals surface area contributed by atoms with Gasteiger partial charge in [-0.15, -0.1) is 0 Å². The van der Waals surface area contributed by atoms with Gasteiger partial charge in [-0.3, -0.25) is 4.79 Å². The molecule has 1 aromatic heterocycles. The van der Waals surface area contributed by atoms with Crippen molar-refractivity contribution in [1.29, 1.82) is 0 Å². The van der Waals surface area contributed by atoms with E-state index in [0.717, 1.165) is 12.8 Å². The molecule has 8 heteroatoms. The average Bonchev–Trinajstić information content (AvgIpc) is 2.69. The number of rotatable bonds is 3. The summed E-state index contributed by atoms with van der Waals surface area (Å²) in [6, 6.07) is 2.79. The molecular formula is C14H18F3N3O2. The molecule has 122 valence electrons. The fourth-order valence-electron chi connectivity index (χ4n) is 2.30. The van der Waals surface area contributed by atoms with Crippen molar-refractivity contribution in [2.45, 2.75) is 31.5 Å². The Labute approximate surface area is 126 Å². The van der Waals surface area contributed by atoms with Gasteiger partial charge in [-0.05, 0) is 31.4 Å². The molecule has 1 aliphatic rings. The van der Waals surface area contributed by atoms with E-state index < -0.39 is 18.7 Å². The van der Waals surface area contributed by atoms with Crippen LogP contribution < -0.4 is 10.5 Å². The van der Waals surface area contributed by atoms with Gasteiger partial charge in [0.2, 0.25) is 0 Å². The summed E-state index contributed by atoms with van der Waals surface area (Å²) < 4.78 is 41.5. The minimum atomic E-state index is -4.47. The number of hydrogen-bond donors (Lipinski definition) is 1. The molecule has 1 aliphatic heterocycles. The Morgan fingerprint density at radius 2 is 2.18 bits per heavy atom. The summed E-state index contributed by atoms with van der Waals surface area (Å²) in [5.74, 6) is -0.578. The molecule has 22 heavy (non-hydrogen) atoms. The molecule has 0 radical (unpaired) electrons. The standard InChI is InChI=1S/C14H18F3N3O2/c15-14(16,17)9-22-11-4-1-6-19-12(11)13(21)20-7-2-3-10(18)5-8-20/h1,4,6,10H,2-3,5,7-9,18H2. The summed E-state index contributed by atoms with van der Waals surface area (Å²) in [5.41, 5.74) is 5.76. The second-order valence-corrected chi connectivity index (χ2v) is 5.24. The Morgan fingerprint density at radius 3 is 2.91 bits per heavy atom. The zero-order valence-electron chi connectivity index (χ0n) is 12.0. The van der Waals surface area contributed by atoms with Gasteiger partial charge >= 0.3 is 6.18 Å². The van der Waals surface area contributed by atoms with Crippen LogP contribution in [0, 0.1) is 0 Å². The number of nitrogens with zero attached hydrogens (tertiary/aromatic N) is 2. The van der Waals surface area contributed by atoms with Gasteiger partial charge < -0.3 is 15.4 Å². The molecule has 1 saturated heterocycles. The maximum absolute atomic E-state index is 12.5. The zero-order valence-corrected chi connectivity index (χ0v) is 12.0. The molecule has 5 nitrogen and oxygen atoms in total. The van der Waals surface area contributed by atoms with E-state index in [9.17, 15) is 18.0 Å². The number of pyridine rings is 1. The number of carbonyl (C=O) groups is 1. The number of aromatic nitrogens is 1. The van der Waals surface area contributed by atoms with E-state index in [1.54, 1.807) is 4.90 Å². The first-order valence-corrected chi connectivity index (χ1v) is 7.06. The molecule has 1 unspecified atom stereocenters. The van der Waals surface area contributed by atoms with E-state index in [1.165, 1.54) is 18.3 Å². The van der Waals surface area contributed by atoms with Crippen molar-refractivity contribution >= 4 is 5.91 Å². The van der Waals surface area contributed by atoms with Gasteiger partial charge in [0.05, 0.1) is 0 Å². The van der Waals surface area contributed by atoms with E-state index in [1.807, 2.05) is 0 Å². The van der Waals surface area contributed by atoms with Crippen molar-refractivity contribution in [1.82, 2.24) is 9.88 Å². The molecule has 0 bridgehead atoms. The number of hydrogen-bond acceptors (Lipinski definition) is 4. The Balaban J connectivity index is 2.12. The summed E-state index contributed by atoms with van der Waals surface area (Å²) in [6.07, 6.45) is -0.859. The Bertz CT molecular complexity index is 522. The number of halogens is 3. The fraction of sp³-hybridized carbons (Fsp3) is 0.571. The van der Waals surface area contributed by atoms with Gasteiger partial charge in [0.1, 0.15) is 0 Å². The number of nitrogens with two attached hydrogens (primary N) is 1. The highest BCUT2D eigenvalue weighted by atomic mass is 19.4. The molecule has 0 saturated carbocycles. The smallest absolute Gasteiger partial charge is 0.422 e. The Morgan fingerprint density at radius 1 is 1.41 bits per heavy atom. The Kier molecular flexibility index (Phi) is 5.23. The molecule has 1 aromatic rings. The van der Waals surface area contributed by atoms with Gasteiger partial charge in [0, 0.05) is 25.3 Å². The lowest BCUT2D eigenvalue weighted by molar-refractivity contribution is -0.153. The lowest BCUT2D eigenvalue weighted by Crippen LogP contribution is -2.34. The Hall–Kier alpha value is -1.83. The predicted molar refractivity (Wildman–Crippen MR) is 73.5 cm³/mol. The zero-order chi connectivity index (χ0) is 16.2. The minimum absolute atomic E-state index is 0.0440. The third-order valence-corrected chi connectivity index (χ3v) is 3.42. The molecule has 1 atom stereocenters. The molecule has 2 heterocycles. The van der Waals surface area contributed by atoms with Gasteiger partial charge in [0.25, 0.3) is 5.91 Å². The van der Waals surface area contributed by atoms with Crippen LogP contribution in [-0.2, 0) is 0 Å². The van der Waals surface area contributed by atoms with Gasteiger partial charge in [0.15, 0.2) is 18.1 Å². The van der Waals surface area contributed by atoms with Crippen molar-refractivity contribution in [2.75, 3.05) is 19.7 Å². The maximum atomic E-state index is 12.5.